The fourth-order valence-electron chi connectivity index (χ4n) is 4.96. The van der Waals surface area contributed by atoms with Gasteiger partial charge in [-0.2, -0.15) is 26.7 Å². The van der Waals surface area contributed by atoms with E-state index < -0.39 is 39.3 Å². The molecule has 0 bridgehead atoms. The Labute approximate surface area is 238 Å². The maximum atomic E-state index is 13.1. The van der Waals surface area contributed by atoms with Crippen molar-refractivity contribution in [3.63, 3.8) is 0 Å². The lowest BCUT2D eigenvalue weighted by Gasteiger charge is -2.34. The summed E-state index contributed by atoms with van der Waals surface area (Å²) in [6.45, 7) is 1.78. The van der Waals surface area contributed by atoms with Gasteiger partial charge in [0, 0.05) is 18.7 Å². The second-order valence-corrected chi connectivity index (χ2v) is 12.2. The molecule has 40 heavy (non-hydrogen) atoms. The highest BCUT2D eigenvalue weighted by molar-refractivity contribution is 7.89. The summed E-state index contributed by atoms with van der Waals surface area (Å²) in [6, 6.07) is 10.3. The minimum atomic E-state index is -4.53. The first kappa shape index (κ1) is 32.1. The quantitative estimate of drug-likeness (QED) is 0.409. The number of aryl methyl sites for hydroxylation is 3. The predicted octanol–water partition coefficient (Wildman–Crippen LogP) is 2.70. The lowest BCUT2D eigenvalue weighted by atomic mass is 9.89. The number of nitrogens with zero attached hydrogens (tertiary/aromatic N) is 2. The Kier molecular flexibility index (Phi) is 10.1. The molecule has 0 aliphatic carbocycles. The summed E-state index contributed by atoms with van der Waals surface area (Å²) in [6.07, 6.45) is -3.69. The number of hydrogen-bond acceptors (Lipinski definition) is 6. The third-order valence-corrected chi connectivity index (χ3v) is 9.27. The molecule has 2 aromatic rings. The highest BCUT2D eigenvalue weighted by Crippen LogP contribution is 2.34. The van der Waals surface area contributed by atoms with Crippen molar-refractivity contribution < 1.29 is 36.6 Å². The Hall–Kier alpha value is -2.45. The standard InChI is InChI=1S/C27H32F3N3O5S.H2S/c1-18-15-19(6-8-23(35)17-34)5-7-20(18)9-14-39(37,38)33-12-10-26(11-13-33)25(36)31-24(32-26)21-3-2-4-22(16-21)27(28,29)30;/h2-5,7,15-16,23,34-35H,6,8-14,17H2,1H3,(H,31,32,36);1H2/t23-;/m0./s1. The van der Waals surface area contributed by atoms with E-state index in [0.29, 0.717) is 19.3 Å². The molecule has 1 atom stereocenters. The van der Waals surface area contributed by atoms with Gasteiger partial charge in [0.05, 0.1) is 24.0 Å². The molecule has 1 fully saturated rings. The molecule has 1 spiro atoms. The Balaban J connectivity index is 0.00000441. The topological polar surface area (TPSA) is 119 Å². The number of carbonyl (C=O) groups is 1. The summed E-state index contributed by atoms with van der Waals surface area (Å²) in [7, 11) is -3.62. The number of benzene rings is 2. The van der Waals surface area contributed by atoms with Gasteiger partial charge in [-0.05, 0) is 67.9 Å². The van der Waals surface area contributed by atoms with E-state index >= 15 is 0 Å². The van der Waals surface area contributed by atoms with Gasteiger partial charge in [0.2, 0.25) is 10.0 Å². The lowest BCUT2D eigenvalue weighted by Crippen LogP contribution is -2.50. The number of aliphatic imine (C=N–C) groups is 1. The number of rotatable bonds is 9. The molecule has 0 radical (unpaired) electrons. The van der Waals surface area contributed by atoms with Gasteiger partial charge in [-0.1, -0.05) is 30.3 Å². The molecule has 13 heteroatoms. The fraction of sp³-hybridized carbons (Fsp3) is 0.481. The largest absolute Gasteiger partial charge is 0.416 e. The maximum Gasteiger partial charge on any atom is 0.416 e. The Morgan fingerprint density at radius 1 is 1.12 bits per heavy atom. The molecule has 2 aliphatic heterocycles. The third-order valence-electron chi connectivity index (χ3n) is 7.40. The molecule has 2 aliphatic rings. The van der Waals surface area contributed by atoms with Gasteiger partial charge in [0.1, 0.15) is 11.4 Å². The molecule has 8 nitrogen and oxygen atoms in total. The van der Waals surface area contributed by atoms with Crippen LogP contribution in [0.25, 0.3) is 0 Å². The Morgan fingerprint density at radius 2 is 1.82 bits per heavy atom. The van der Waals surface area contributed by atoms with E-state index in [1.165, 1.54) is 16.4 Å². The molecule has 0 aromatic heterocycles. The number of nitrogens with one attached hydrogen (secondary N) is 1. The number of alkyl halides is 3. The molecule has 2 heterocycles. The van der Waals surface area contributed by atoms with E-state index in [0.717, 1.165) is 28.8 Å². The van der Waals surface area contributed by atoms with Gasteiger partial charge in [-0.15, -0.1) is 0 Å². The van der Waals surface area contributed by atoms with Crippen LogP contribution in [0.15, 0.2) is 47.5 Å². The van der Waals surface area contributed by atoms with Gasteiger partial charge in [-0.3, -0.25) is 9.79 Å². The maximum absolute atomic E-state index is 13.1. The van der Waals surface area contributed by atoms with E-state index in [1.807, 2.05) is 25.1 Å². The molecule has 3 N–H and O–H groups in total. The van der Waals surface area contributed by atoms with E-state index in [4.69, 9.17) is 5.11 Å². The normalized spacial score (nSPS) is 18.2. The summed E-state index contributed by atoms with van der Waals surface area (Å²) in [5.74, 6) is -0.477. The van der Waals surface area contributed by atoms with Crippen LogP contribution in [0.2, 0.25) is 0 Å². The molecule has 0 unspecified atom stereocenters. The number of amidine groups is 1. The number of piperidine rings is 1. The monoisotopic (exact) mass is 601 g/mol. The first-order valence-corrected chi connectivity index (χ1v) is 14.4. The lowest BCUT2D eigenvalue weighted by molar-refractivity contribution is -0.137. The predicted molar refractivity (Wildman–Crippen MR) is 150 cm³/mol. The minimum absolute atomic E-state index is 0. The van der Waals surface area contributed by atoms with Crippen molar-refractivity contribution in [2.75, 3.05) is 25.4 Å². The average Bonchev–Trinajstić information content (AvgIpc) is 3.21. The van der Waals surface area contributed by atoms with E-state index in [-0.39, 0.29) is 63.2 Å². The van der Waals surface area contributed by atoms with Crippen molar-refractivity contribution in [2.45, 2.75) is 56.8 Å². The number of halogens is 3. The zero-order valence-corrected chi connectivity index (χ0v) is 23.9. The molecular formula is C27H34F3N3O5S2. The molecule has 4 rings (SSSR count). The van der Waals surface area contributed by atoms with Crippen molar-refractivity contribution in [2.24, 2.45) is 4.99 Å². The first-order chi connectivity index (χ1) is 18.3. The first-order valence-electron chi connectivity index (χ1n) is 12.8. The molecule has 1 amide bonds. The van der Waals surface area contributed by atoms with Gasteiger partial charge in [-0.25, -0.2) is 12.7 Å². The SMILES string of the molecule is Cc1cc(CC[C@H](O)CO)ccc1CCS(=O)(=O)N1CCC2(CC1)N=C(c1cccc(C(F)(F)F)c1)NC2=O.S. The van der Waals surface area contributed by atoms with Gasteiger partial charge in [0.25, 0.3) is 5.91 Å². The zero-order valence-electron chi connectivity index (χ0n) is 22.0. The molecule has 1 saturated heterocycles. The molecular weight excluding hydrogens is 567 g/mol. The summed E-state index contributed by atoms with van der Waals surface area (Å²) in [5, 5.41) is 21.1. The zero-order chi connectivity index (χ0) is 28.4. The van der Waals surface area contributed by atoms with Crippen molar-refractivity contribution in [3.05, 3.63) is 70.3 Å². The van der Waals surface area contributed by atoms with Crippen LogP contribution in [-0.4, -0.2) is 71.8 Å². The number of sulfonamides is 1. The summed E-state index contributed by atoms with van der Waals surface area (Å²) in [5.41, 5.74) is 0.931. The van der Waals surface area contributed by atoms with Gasteiger partial charge < -0.3 is 15.5 Å². The van der Waals surface area contributed by atoms with Crippen LogP contribution in [0.4, 0.5) is 13.2 Å². The number of aliphatic hydroxyl groups excluding tert-OH is 2. The van der Waals surface area contributed by atoms with Crippen LogP contribution in [0.5, 0.6) is 0 Å². The Morgan fingerprint density at radius 3 is 2.45 bits per heavy atom. The van der Waals surface area contributed by atoms with Crippen LogP contribution >= 0.6 is 13.5 Å². The van der Waals surface area contributed by atoms with Crippen LogP contribution in [0.1, 0.15) is 47.1 Å². The van der Waals surface area contributed by atoms with Crippen molar-refractivity contribution in [1.82, 2.24) is 9.62 Å². The molecule has 2 aromatic carbocycles. The van der Waals surface area contributed by atoms with Crippen molar-refractivity contribution >= 4 is 35.3 Å². The average molecular weight is 602 g/mol. The smallest absolute Gasteiger partial charge is 0.394 e. The van der Waals surface area contributed by atoms with Gasteiger partial charge in [0.15, 0.2) is 0 Å². The number of aliphatic hydroxyl groups is 2. The van der Waals surface area contributed by atoms with Crippen molar-refractivity contribution in [1.29, 1.82) is 0 Å². The summed E-state index contributed by atoms with van der Waals surface area (Å²) in [4.78, 5) is 17.3. The fourth-order valence-corrected chi connectivity index (χ4v) is 6.43. The van der Waals surface area contributed by atoms with E-state index in [1.54, 1.807) is 0 Å². The van der Waals surface area contributed by atoms with E-state index in [2.05, 4.69) is 10.3 Å². The highest BCUT2D eigenvalue weighted by Gasteiger charge is 2.47. The second kappa shape index (κ2) is 12.6. The third kappa shape index (κ3) is 7.24. The summed E-state index contributed by atoms with van der Waals surface area (Å²) >= 11 is 0. The highest BCUT2D eigenvalue weighted by atomic mass is 32.2. The van der Waals surface area contributed by atoms with Crippen LogP contribution in [-0.2, 0) is 33.8 Å². The van der Waals surface area contributed by atoms with Crippen LogP contribution in [0, 0.1) is 6.92 Å². The Bertz CT molecular complexity index is 1360. The molecule has 220 valence electrons. The second-order valence-electron chi connectivity index (χ2n) is 10.1. The van der Waals surface area contributed by atoms with Crippen LogP contribution in [0.3, 0.4) is 0 Å². The summed E-state index contributed by atoms with van der Waals surface area (Å²) < 4.78 is 66.8. The van der Waals surface area contributed by atoms with Crippen molar-refractivity contribution in [3.8, 4) is 0 Å². The number of amides is 1. The molecule has 0 saturated carbocycles. The number of carbonyl (C=O) groups excluding carboxylic acids is 1. The minimum Gasteiger partial charge on any atom is -0.394 e. The van der Waals surface area contributed by atoms with Gasteiger partial charge >= 0.3 is 6.18 Å². The number of hydrogen-bond donors (Lipinski definition) is 3. The van der Waals surface area contributed by atoms with E-state index in [9.17, 15) is 31.5 Å². The van der Waals surface area contributed by atoms with Crippen LogP contribution < -0.4 is 5.32 Å².